The molecule has 1 aromatic carbocycles. The van der Waals surface area contributed by atoms with E-state index in [0.29, 0.717) is 12.6 Å². The zero-order valence-corrected chi connectivity index (χ0v) is 13.0. The second-order valence-electron chi connectivity index (χ2n) is 5.09. The maximum Gasteiger partial charge on any atom is 0.269 e. The summed E-state index contributed by atoms with van der Waals surface area (Å²) in [5.41, 5.74) is 2.48. The summed E-state index contributed by atoms with van der Waals surface area (Å²) in [4.78, 5) is 12.4. The topological polar surface area (TPSA) is 58.4 Å². The van der Waals surface area contributed by atoms with E-state index in [9.17, 15) is 10.1 Å². The molecule has 0 aliphatic carbocycles. The quantitative estimate of drug-likeness (QED) is 0.631. The van der Waals surface area contributed by atoms with Crippen LogP contribution in [0.4, 0.5) is 5.69 Å². The lowest BCUT2D eigenvalue weighted by Crippen LogP contribution is -2.30. The van der Waals surface area contributed by atoms with Crippen molar-refractivity contribution >= 4 is 17.0 Å². The largest absolute Gasteiger partial charge is 0.311 e. The Hall–Kier alpha value is -1.76. The van der Waals surface area contributed by atoms with Gasteiger partial charge in [-0.25, -0.2) is 0 Å². The van der Waals surface area contributed by atoms with Gasteiger partial charge < -0.3 is 10.2 Å². The summed E-state index contributed by atoms with van der Waals surface area (Å²) in [5, 5.41) is 18.3. The van der Waals surface area contributed by atoms with Crippen LogP contribution < -0.4 is 5.32 Å². The molecule has 0 aliphatic rings. The second-order valence-corrected chi connectivity index (χ2v) is 5.87. The smallest absolute Gasteiger partial charge is 0.269 e. The van der Waals surface area contributed by atoms with Crippen LogP contribution in [-0.4, -0.2) is 30.5 Å². The Morgan fingerprint density at radius 3 is 2.52 bits per heavy atom. The molecule has 0 saturated carbocycles. The van der Waals surface area contributed by atoms with Crippen molar-refractivity contribution in [2.75, 3.05) is 20.6 Å². The summed E-state index contributed by atoms with van der Waals surface area (Å²) in [6.07, 6.45) is 0. The third-order valence-electron chi connectivity index (χ3n) is 3.37. The number of rotatable bonds is 7. The minimum absolute atomic E-state index is 0.128. The van der Waals surface area contributed by atoms with E-state index < -0.39 is 0 Å². The SMILES string of the molecule is CN(C)C(CNCc1ccc([N+](=O)[O-])cc1)c1ccsc1. The standard InChI is InChI=1S/C15H19N3O2S/c1-17(2)15(13-7-8-21-11-13)10-16-9-12-3-5-14(6-4-12)18(19)20/h3-8,11,15-16H,9-10H2,1-2H3. The number of hydrogen-bond acceptors (Lipinski definition) is 5. The lowest BCUT2D eigenvalue weighted by atomic mass is 10.1. The molecule has 0 aliphatic heterocycles. The molecule has 1 aromatic heterocycles. The van der Waals surface area contributed by atoms with E-state index in [1.165, 1.54) is 5.56 Å². The molecule has 0 saturated heterocycles. The Morgan fingerprint density at radius 2 is 2.00 bits per heavy atom. The zero-order chi connectivity index (χ0) is 15.2. The highest BCUT2D eigenvalue weighted by atomic mass is 32.1. The maximum atomic E-state index is 10.6. The van der Waals surface area contributed by atoms with E-state index in [1.807, 2.05) is 0 Å². The molecule has 0 amide bonds. The molecule has 1 N–H and O–H groups in total. The first-order valence-electron chi connectivity index (χ1n) is 6.70. The van der Waals surface area contributed by atoms with Crippen LogP contribution in [0.5, 0.6) is 0 Å². The number of nitrogens with one attached hydrogen (secondary N) is 1. The molecular formula is C15H19N3O2S. The van der Waals surface area contributed by atoms with Crippen molar-refractivity contribution in [2.45, 2.75) is 12.6 Å². The fourth-order valence-electron chi connectivity index (χ4n) is 2.15. The molecule has 0 radical (unpaired) electrons. The third-order valence-corrected chi connectivity index (χ3v) is 4.07. The maximum absolute atomic E-state index is 10.6. The van der Waals surface area contributed by atoms with Gasteiger partial charge in [0.05, 0.1) is 4.92 Å². The first-order valence-corrected chi connectivity index (χ1v) is 7.65. The Bertz CT molecular complexity index is 567. The van der Waals surface area contributed by atoms with E-state index in [4.69, 9.17) is 0 Å². The summed E-state index contributed by atoms with van der Waals surface area (Å²) >= 11 is 1.70. The zero-order valence-electron chi connectivity index (χ0n) is 12.2. The van der Waals surface area contributed by atoms with Crippen LogP contribution in [0.15, 0.2) is 41.1 Å². The lowest BCUT2D eigenvalue weighted by Gasteiger charge is -2.24. The predicted molar refractivity (Wildman–Crippen MR) is 85.6 cm³/mol. The van der Waals surface area contributed by atoms with E-state index in [1.54, 1.807) is 35.6 Å². The number of thiophene rings is 1. The van der Waals surface area contributed by atoms with Gasteiger partial charge in [-0.05, 0) is 42.0 Å². The van der Waals surface area contributed by atoms with Crippen LogP contribution in [0.1, 0.15) is 17.2 Å². The van der Waals surface area contributed by atoms with Gasteiger partial charge in [0, 0.05) is 31.3 Å². The molecule has 112 valence electrons. The Morgan fingerprint density at radius 1 is 1.29 bits per heavy atom. The van der Waals surface area contributed by atoms with Gasteiger partial charge in [-0.2, -0.15) is 11.3 Å². The van der Waals surface area contributed by atoms with Crippen molar-refractivity contribution in [3.05, 3.63) is 62.3 Å². The van der Waals surface area contributed by atoms with E-state index >= 15 is 0 Å². The number of non-ortho nitro benzene ring substituents is 1. The molecule has 0 fully saturated rings. The molecule has 21 heavy (non-hydrogen) atoms. The molecule has 6 heteroatoms. The van der Waals surface area contributed by atoms with Crippen molar-refractivity contribution in [2.24, 2.45) is 0 Å². The molecule has 1 heterocycles. The molecule has 2 rings (SSSR count). The van der Waals surface area contributed by atoms with Gasteiger partial charge >= 0.3 is 0 Å². The molecule has 0 bridgehead atoms. The van der Waals surface area contributed by atoms with E-state index in [0.717, 1.165) is 12.1 Å². The lowest BCUT2D eigenvalue weighted by molar-refractivity contribution is -0.384. The Kier molecular flexibility index (Phi) is 5.44. The van der Waals surface area contributed by atoms with Crippen molar-refractivity contribution in [3.8, 4) is 0 Å². The highest BCUT2D eigenvalue weighted by Crippen LogP contribution is 2.20. The third kappa shape index (κ3) is 4.35. The summed E-state index contributed by atoms with van der Waals surface area (Å²) in [6.45, 7) is 1.53. The van der Waals surface area contributed by atoms with Crippen LogP contribution in [-0.2, 0) is 6.54 Å². The van der Waals surface area contributed by atoms with Crippen LogP contribution in [0, 0.1) is 10.1 Å². The normalized spacial score (nSPS) is 12.5. The molecule has 5 nitrogen and oxygen atoms in total. The number of benzene rings is 1. The highest BCUT2D eigenvalue weighted by molar-refractivity contribution is 7.07. The van der Waals surface area contributed by atoms with Gasteiger partial charge in [-0.15, -0.1) is 0 Å². The van der Waals surface area contributed by atoms with Crippen LogP contribution in [0.2, 0.25) is 0 Å². The minimum atomic E-state index is -0.379. The number of hydrogen-bond donors (Lipinski definition) is 1. The summed E-state index contributed by atoms with van der Waals surface area (Å²) < 4.78 is 0. The highest BCUT2D eigenvalue weighted by Gasteiger charge is 2.13. The van der Waals surface area contributed by atoms with E-state index in [-0.39, 0.29) is 10.6 Å². The number of likely N-dealkylation sites (N-methyl/N-ethyl adjacent to an activating group) is 1. The number of nitro benzene ring substituents is 1. The molecule has 0 spiro atoms. The Labute approximate surface area is 128 Å². The van der Waals surface area contributed by atoms with Crippen LogP contribution in [0.25, 0.3) is 0 Å². The first-order chi connectivity index (χ1) is 10.1. The molecule has 2 aromatic rings. The average Bonchev–Trinajstić information content (AvgIpc) is 2.97. The van der Waals surface area contributed by atoms with Gasteiger partial charge in [0.2, 0.25) is 0 Å². The molecular weight excluding hydrogens is 286 g/mol. The van der Waals surface area contributed by atoms with Crippen molar-refractivity contribution in [3.63, 3.8) is 0 Å². The van der Waals surface area contributed by atoms with Gasteiger partial charge in [-0.1, -0.05) is 12.1 Å². The van der Waals surface area contributed by atoms with Gasteiger partial charge in [-0.3, -0.25) is 10.1 Å². The van der Waals surface area contributed by atoms with Gasteiger partial charge in [0.1, 0.15) is 0 Å². The van der Waals surface area contributed by atoms with Crippen molar-refractivity contribution < 1.29 is 4.92 Å². The van der Waals surface area contributed by atoms with Crippen molar-refractivity contribution in [1.82, 2.24) is 10.2 Å². The molecule has 1 unspecified atom stereocenters. The van der Waals surface area contributed by atoms with Gasteiger partial charge in [0.15, 0.2) is 0 Å². The number of nitro groups is 1. The summed E-state index contributed by atoms with van der Waals surface area (Å²) in [7, 11) is 4.13. The van der Waals surface area contributed by atoms with Crippen molar-refractivity contribution in [1.29, 1.82) is 0 Å². The summed E-state index contributed by atoms with van der Waals surface area (Å²) in [6, 6.07) is 9.14. The minimum Gasteiger partial charge on any atom is -0.311 e. The fourth-order valence-corrected chi connectivity index (χ4v) is 2.86. The van der Waals surface area contributed by atoms with E-state index in [2.05, 4.69) is 41.1 Å². The Balaban J connectivity index is 1.89. The first kappa shape index (κ1) is 15.6. The van der Waals surface area contributed by atoms with Gasteiger partial charge in [0.25, 0.3) is 5.69 Å². The summed E-state index contributed by atoms with van der Waals surface area (Å²) in [5.74, 6) is 0. The monoisotopic (exact) mass is 305 g/mol. The van der Waals surface area contributed by atoms with Crippen LogP contribution in [0.3, 0.4) is 0 Å². The second kappa shape index (κ2) is 7.31. The fraction of sp³-hybridized carbons (Fsp3) is 0.333. The average molecular weight is 305 g/mol. The predicted octanol–water partition coefficient (Wildman–Crippen LogP) is 3.05. The van der Waals surface area contributed by atoms with Crippen LogP contribution >= 0.6 is 11.3 Å². The molecule has 1 atom stereocenters. The number of nitrogens with zero attached hydrogens (tertiary/aromatic N) is 2.